The predicted molar refractivity (Wildman–Crippen MR) is 91.2 cm³/mol. The van der Waals surface area contributed by atoms with Crippen LogP contribution in [0.4, 0.5) is 5.69 Å². The summed E-state index contributed by atoms with van der Waals surface area (Å²) in [4.78, 5) is 40.5. The normalized spacial score (nSPS) is 23.1. The van der Waals surface area contributed by atoms with E-state index in [1.165, 1.54) is 4.90 Å². The number of nitrogens with zero attached hydrogens (tertiary/aromatic N) is 2. The maximum Gasteiger partial charge on any atom is 0.247 e. The number of carbonyl (C=O) groups excluding carboxylic acids is 3. The van der Waals surface area contributed by atoms with Crippen LogP contribution >= 0.6 is 0 Å². The molecule has 1 aliphatic carbocycles. The van der Waals surface area contributed by atoms with Crippen LogP contribution in [-0.2, 0) is 14.4 Å². The molecule has 24 heavy (non-hydrogen) atoms. The zero-order chi connectivity index (χ0) is 17.1. The molecule has 0 bridgehead atoms. The highest BCUT2D eigenvalue weighted by molar-refractivity contribution is 6.09. The maximum absolute atomic E-state index is 12.7. The molecule has 1 aromatic carbocycles. The number of fused-ring (bicyclic) bond motifs is 1. The van der Waals surface area contributed by atoms with E-state index in [1.807, 2.05) is 30.3 Å². The molecule has 2 atom stereocenters. The molecule has 0 radical (unpaired) electrons. The van der Waals surface area contributed by atoms with Gasteiger partial charge >= 0.3 is 0 Å². The van der Waals surface area contributed by atoms with Crippen molar-refractivity contribution in [3.8, 4) is 0 Å². The van der Waals surface area contributed by atoms with Gasteiger partial charge in [-0.2, -0.15) is 0 Å². The zero-order valence-corrected chi connectivity index (χ0v) is 13.7. The molecule has 1 saturated heterocycles. The maximum atomic E-state index is 12.7. The summed E-state index contributed by atoms with van der Waals surface area (Å²) < 4.78 is 0. The van der Waals surface area contributed by atoms with E-state index < -0.39 is 0 Å². The highest BCUT2D eigenvalue weighted by Crippen LogP contribution is 2.37. The molecule has 0 N–H and O–H groups in total. The summed E-state index contributed by atoms with van der Waals surface area (Å²) in [6, 6.07) is 9.22. The summed E-state index contributed by atoms with van der Waals surface area (Å²) in [6.07, 6.45) is 5.12. The Morgan fingerprint density at radius 1 is 1.12 bits per heavy atom. The number of amides is 3. The van der Waals surface area contributed by atoms with Gasteiger partial charge in [0.05, 0.1) is 11.8 Å². The van der Waals surface area contributed by atoms with Gasteiger partial charge in [-0.05, 0) is 25.0 Å². The Hall–Kier alpha value is -2.43. The van der Waals surface area contributed by atoms with Crippen molar-refractivity contribution in [3.63, 3.8) is 0 Å². The SMILES string of the molecule is C=CCN(C(=O)CN1C(=O)C2CCCCC2C1=O)c1ccccc1. The largest absolute Gasteiger partial charge is 0.307 e. The molecule has 2 unspecified atom stereocenters. The molecular formula is C19H22N2O3. The first kappa shape index (κ1) is 16.4. The fourth-order valence-corrected chi connectivity index (χ4v) is 3.70. The summed E-state index contributed by atoms with van der Waals surface area (Å²) in [7, 11) is 0. The number of carbonyl (C=O) groups is 3. The third-order valence-electron chi connectivity index (χ3n) is 4.91. The van der Waals surface area contributed by atoms with Gasteiger partial charge in [-0.3, -0.25) is 19.3 Å². The number of hydrogen-bond acceptors (Lipinski definition) is 3. The van der Waals surface area contributed by atoms with Crippen molar-refractivity contribution in [1.29, 1.82) is 0 Å². The van der Waals surface area contributed by atoms with E-state index in [1.54, 1.807) is 11.0 Å². The number of anilines is 1. The van der Waals surface area contributed by atoms with E-state index in [-0.39, 0.29) is 36.1 Å². The molecule has 5 heteroatoms. The Kier molecular flexibility index (Phi) is 4.79. The minimum Gasteiger partial charge on any atom is -0.307 e. The van der Waals surface area contributed by atoms with Gasteiger partial charge in [-0.25, -0.2) is 0 Å². The minimum atomic E-state index is -0.263. The molecule has 0 spiro atoms. The Bertz CT molecular complexity index is 632. The van der Waals surface area contributed by atoms with Crippen molar-refractivity contribution in [2.24, 2.45) is 11.8 Å². The molecule has 2 fully saturated rings. The standard InChI is InChI=1S/C19H22N2O3/c1-2-12-20(14-8-4-3-5-9-14)17(22)13-21-18(23)15-10-6-7-11-16(15)19(21)24/h2-5,8-9,15-16H,1,6-7,10-13H2. The van der Waals surface area contributed by atoms with Crippen LogP contribution in [0.5, 0.6) is 0 Å². The van der Waals surface area contributed by atoms with Gasteiger partial charge in [-0.1, -0.05) is 37.1 Å². The first-order valence-electron chi connectivity index (χ1n) is 8.45. The second-order valence-electron chi connectivity index (χ2n) is 6.39. The van der Waals surface area contributed by atoms with E-state index in [0.29, 0.717) is 6.54 Å². The summed E-state index contributed by atoms with van der Waals surface area (Å²) in [6.45, 7) is 3.84. The van der Waals surface area contributed by atoms with Crippen LogP contribution in [0, 0.1) is 11.8 Å². The molecule has 0 aromatic heterocycles. The van der Waals surface area contributed by atoms with E-state index in [2.05, 4.69) is 6.58 Å². The van der Waals surface area contributed by atoms with Gasteiger partial charge in [0.1, 0.15) is 6.54 Å². The molecule has 3 rings (SSSR count). The summed E-state index contributed by atoms with van der Waals surface area (Å²) in [5, 5.41) is 0. The lowest BCUT2D eigenvalue weighted by Gasteiger charge is -2.24. The van der Waals surface area contributed by atoms with Crippen LogP contribution in [-0.4, -0.2) is 35.7 Å². The first-order valence-corrected chi connectivity index (χ1v) is 8.45. The van der Waals surface area contributed by atoms with Crippen LogP contribution in [0.1, 0.15) is 25.7 Å². The Labute approximate surface area is 141 Å². The molecule has 126 valence electrons. The Balaban J connectivity index is 1.76. The van der Waals surface area contributed by atoms with E-state index >= 15 is 0 Å². The smallest absolute Gasteiger partial charge is 0.247 e. The Morgan fingerprint density at radius 3 is 2.25 bits per heavy atom. The van der Waals surface area contributed by atoms with Gasteiger partial charge in [0.25, 0.3) is 0 Å². The fraction of sp³-hybridized carbons (Fsp3) is 0.421. The van der Waals surface area contributed by atoms with Crippen molar-refractivity contribution in [3.05, 3.63) is 43.0 Å². The van der Waals surface area contributed by atoms with Crippen molar-refractivity contribution >= 4 is 23.4 Å². The molecule has 1 aliphatic heterocycles. The average molecular weight is 326 g/mol. The monoisotopic (exact) mass is 326 g/mol. The third kappa shape index (κ3) is 2.98. The number of hydrogen-bond donors (Lipinski definition) is 0. The quantitative estimate of drug-likeness (QED) is 0.616. The number of para-hydroxylation sites is 1. The van der Waals surface area contributed by atoms with E-state index in [4.69, 9.17) is 0 Å². The second kappa shape index (κ2) is 6.99. The van der Waals surface area contributed by atoms with Gasteiger partial charge in [0.2, 0.25) is 17.7 Å². The first-order chi connectivity index (χ1) is 11.6. The summed E-state index contributed by atoms with van der Waals surface area (Å²) in [5.74, 6) is -1.05. The molecule has 1 heterocycles. The topological polar surface area (TPSA) is 57.7 Å². The summed E-state index contributed by atoms with van der Waals surface area (Å²) >= 11 is 0. The molecule has 5 nitrogen and oxygen atoms in total. The van der Waals surface area contributed by atoms with Gasteiger partial charge in [0.15, 0.2) is 0 Å². The summed E-state index contributed by atoms with van der Waals surface area (Å²) in [5.41, 5.74) is 0.735. The van der Waals surface area contributed by atoms with Gasteiger partial charge in [-0.15, -0.1) is 6.58 Å². The van der Waals surface area contributed by atoms with Crippen molar-refractivity contribution < 1.29 is 14.4 Å². The minimum absolute atomic E-state index is 0.176. The van der Waals surface area contributed by atoms with Crippen molar-refractivity contribution in [2.45, 2.75) is 25.7 Å². The fourth-order valence-electron chi connectivity index (χ4n) is 3.70. The highest BCUT2D eigenvalue weighted by atomic mass is 16.2. The van der Waals surface area contributed by atoms with Gasteiger partial charge in [0, 0.05) is 12.2 Å². The zero-order valence-electron chi connectivity index (χ0n) is 13.7. The lowest BCUT2D eigenvalue weighted by atomic mass is 9.81. The molecule has 3 amide bonds. The second-order valence-corrected chi connectivity index (χ2v) is 6.39. The Morgan fingerprint density at radius 2 is 1.71 bits per heavy atom. The van der Waals surface area contributed by atoms with Crippen LogP contribution in [0.25, 0.3) is 0 Å². The predicted octanol–water partition coefficient (Wildman–Crippen LogP) is 2.38. The lowest BCUT2D eigenvalue weighted by Crippen LogP contribution is -2.43. The molecule has 2 aliphatic rings. The van der Waals surface area contributed by atoms with Crippen LogP contribution in [0.3, 0.4) is 0 Å². The van der Waals surface area contributed by atoms with E-state index in [9.17, 15) is 14.4 Å². The average Bonchev–Trinajstić information content (AvgIpc) is 2.85. The van der Waals surface area contributed by atoms with Crippen molar-refractivity contribution in [1.82, 2.24) is 4.90 Å². The van der Waals surface area contributed by atoms with Crippen LogP contribution in [0.2, 0.25) is 0 Å². The van der Waals surface area contributed by atoms with Gasteiger partial charge < -0.3 is 4.90 Å². The van der Waals surface area contributed by atoms with Crippen LogP contribution in [0.15, 0.2) is 43.0 Å². The van der Waals surface area contributed by atoms with Crippen molar-refractivity contribution in [2.75, 3.05) is 18.0 Å². The molecule has 1 saturated carbocycles. The number of imide groups is 1. The van der Waals surface area contributed by atoms with E-state index in [0.717, 1.165) is 31.4 Å². The number of benzene rings is 1. The number of likely N-dealkylation sites (tertiary alicyclic amines) is 1. The lowest BCUT2D eigenvalue weighted by molar-refractivity contribution is -0.143. The number of rotatable bonds is 5. The highest BCUT2D eigenvalue weighted by Gasteiger charge is 2.48. The van der Waals surface area contributed by atoms with Crippen LogP contribution < -0.4 is 4.90 Å². The third-order valence-corrected chi connectivity index (χ3v) is 4.91. The molecule has 1 aromatic rings. The molecular weight excluding hydrogens is 304 g/mol.